The fraction of sp³-hybridized carbons (Fsp3) is 0.250. The highest BCUT2D eigenvalue weighted by molar-refractivity contribution is 5.87. The molecule has 0 saturated heterocycles. The Hall–Kier alpha value is -1.61. The molecule has 0 aliphatic carbocycles. The van der Waals surface area contributed by atoms with Gasteiger partial charge < -0.3 is 5.73 Å². The quantitative estimate of drug-likeness (QED) is 0.807. The number of aromatic nitrogens is 2. The molecule has 0 spiro atoms. The van der Waals surface area contributed by atoms with E-state index in [2.05, 4.69) is 17.2 Å². The lowest BCUT2D eigenvalue weighted by atomic mass is 10.1. The van der Waals surface area contributed by atoms with Gasteiger partial charge in [-0.1, -0.05) is 23.8 Å². The van der Waals surface area contributed by atoms with Gasteiger partial charge in [-0.25, -0.2) is 0 Å². The predicted octanol–water partition coefficient (Wildman–Crippen LogP) is 1.94. The molecule has 0 unspecified atom stereocenters. The number of para-hydroxylation sites is 1. The van der Waals surface area contributed by atoms with Crippen LogP contribution in [0.3, 0.4) is 0 Å². The molecule has 0 saturated carbocycles. The Morgan fingerprint density at radius 2 is 2.20 bits per heavy atom. The van der Waals surface area contributed by atoms with E-state index in [1.807, 2.05) is 36.9 Å². The van der Waals surface area contributed by atoms with Crippen molar-refractivity contribution in [3.05, 3.63) is 35.5 Å². The molecule has 2 N–H and O–H groups in total. The zero-order valence-electron chi connectivity index (χ0n) is 9.07. The highest BCUT2D eigenvalue weighted by atomic mass is 15.3. The third kappa shape index (κ3) is 1.78. The van der Waals surface area contributed by atoms with Gasteiger partial charge in [0.2, 0.25) is 0 Å². The molecule has 0 aliphatic heterocycles. The minimum absolute atomic E-state index is 0.574. The smallest absolute Gasteiger partial charge is 0.0929 e. The molecule has 2 aromatic rings. The summed E-state index contributed by atoms with van der Waals surface area (Å²) >= 11 is 0. The maximum Gasteiger partial charge on any atom is 0.0929 e. The first-order chi connectivity index (χ1) is 7.22. The summed E-state index contributed by atoms with van der Waals surface area (Å²) in [7, 11) is 1.96. The Morgan fingerprint density at radius 1 is 1.47 bits per heavy atom. The molecule has 1 heterocycles. The highest BCUT2D eigenvalue weighted by Crippen LogP contribution is 2.19. The maximum atomic E-state index is 5.57. The topological polar surface area (TPSA) is 43.8 Å². The van der Waals surface area contributed by atoms with Crippen molar-refractivity contribution in [1.29, 1.82) is 0 Å². The number of hydrogen-bond donors (Lipinski definition) is 1. The lowest BCUT2D eigenvalue weighted by molar-refractivity contribution is 0.792. The van der Waals surface area contributed by atoms with Crippen molar-refractivity contribution < 1.29 is 0 Å². The number of rotatable bonds is 2. The Labute approximate surface area is 89.2 Å². The molecule has 15 heavy (non-hydrogen) atoms. The summed E-state index contributed by atoms with van der Waals surface area (Å²) in [5.41, 5.74) is 8.85. The van der Waals surface area contributed by atoms with E-state index in [-0.39, 0.29) is 0 Å². The van der Waals surface area contributed by atoms with Crippen molar-refractivity contribution in [3.63, 3.8) is 0 Å². The molecule has 0 aliphatic rings. The summed E-state index contributed by atoms with van der Waals surface area (Å²) in [5.74, 6) is 0. The van der Waals surface area contributed by atoms with Crippen LogP contribution in [0, 0.1) is 0 Å². The van der Waals surface area contributed by atoms with Crippen molar-refractivity contribution in [2.45, 2.75) is 6.92 Å². The Morgan fingerprint density at radius 3 is 2.93 bits per heavy atom. The summed E-state index contributed by atoms with van der Waals surface area (Å²) in [5, 5.41) is 5.64. The van der Waals surface area contributed by atoms with Crippen LogP contribution in [0.5, 0.6) is 0 Å². The molecule has 1 aromatic carbocycles. The Bertz CT molecular complexity index is 509. The molecular formula is C12H15N3. The summed E-state index contributed by atoms with van der Waals surface area (Å²) in [6.07, 6.45) is 2.04. The first-order valence-electron chi connectivity index (χ1n) is 5.01. The van der Waals surface area contributed by atoms with E-state index in [0.717, 1.165) is 16.8 Å². The first kappa shape index (κ1) is 9.93. The van der Waals surface area contributed by atoms with E-state index >= 15 is 0 Å². The highest BCUT2D eigenvalue weighted by Gasteiger charge is 2.04. The van der Waals surface area contributed by atoms with Gasteiger partial charge in [-0.2, -0.15) is 5.10 Å². The van der Waals surface area contributed by atoms with Crippen LogP contribution in [0.2, 0.25) is 0 Å². The number of benzene rings is 1. The molecule has 0 atom stereocenters. The lowest BCUT2D eigenvalue weighted by Gasteiger charge is -1.93. The predicted molar refractivity (Wildman–Crippen MR) is 63.4 cm³/mol. The van der Waals surface area contributed by atoms with Gasteiger partial charge in [-0.3, -0.25) is 4.68 Å². The molecule has 0 radical (unpaired) electrons. The van der Waals surface area contributed by atoms with Crippen molar-refractivity contribution in [3.8, 4) is 0 Å². The number of hydrogen-bond acceptors (Lipinski definition) is 2. The second-order valence-electron chi connectivity index (χ2n) is 3.72. The summed E-state index contributed by atoms with van der Waals surface area (Å²) < 4.78 is 1.89. The monoisotopic (exact) mass is 201 g/mol. The van der Waals surface area contributed by atoms with Crippen LogP contribution in [0.4, 0.5) is 0 Å². The number of nitrogens with two attached hydrogens (primary N) is 1. The molecule has 2 rings (SSSR count). The summed E-state index contributed by atoms with van der Waals surface area (Å²) in [6.45, 7) is 2.59. The minimum Gasteiger partial charge on any atom is -0.327 e. The zero-order valence-corrected chi connectivity index (χ0v) is 9.07. The van der Waals surface area contributed by atoms with Crippen LogP contribution in [-0.2, 0) is 7.05 Å². The first-order valence-corrected chi connectivity index (χ1v) is 5.01. The van der Waals surface area contributed by atoms with Crippen molar-refractivity contribution in [2.75, 3.05) is 6.54 Å². The SMILES string of the molecule is C/C(=C/c1nn(C)c2ccccc12)CN. The number of fused-ring (bicyclic) bond motifs is 1. The van der Waals surface area contributed by atoms with Gasteiger partial charge >= 0.3 is 0 Å². The summed E-state index contributed by atoms with van der Waals surface area (Å²) in [4.78, 5) is 0. The van der Waals surface area contributed by atoms with Crippen LogP contribution in [-0.4, -0.2) is 16.3 Å². The zero-order chi connectivity index (χ0) is 10.8. The van der Waals surface area contributed by atoms with Crippen LogP contribution in [0.25, 0.3) is 17.0 Å². The van der Waals surface area contributed by atoms with Gasteiger partial charge in [0.1, 0.15) is 0 Å². The number of nitrogens with zero attached hydrogens (tertiary/aromatic N) is 2. The normalized spacial score (nSPS) is 12.3. The molecule has 78 valence electrons. The molecule has 1 aromatic heterocycles. The standard InChI is InChI=1S/C12H15N3/c1-9(8-13)7-11-10-5-3-4-6-12(10)15(2)14-11/h3-7H,8,13H2,1-2H3/b9-7-. The molecule has 3 heteroatoms. The van der Waals surface area contributed by atoms with Crippen LogP contribution in [0.15, 0.2) is 29.8 Å². The van der Waals surface area contributed by atoms with Gasteiger partial charge in [-0.05, 0) is 19.1 Å². The lowest BCUT2D eigenvalue weighted by Crippen LogP contribution is -1.99. The van der Waals surface area contributed by atoms with Gasteiger partial charge in [0.05, 0.1) is 11.2 Å². The van der Waals surface area contributed by atoms with E-state index in [4.69, 9.17) is 5.73 Å². The second kappa shape index (κ2) is 3.87. The number of aryl methyl sites for hydroxylation is 1. The molecule has 0 amide bonds. The van der Waals surface area contributed by atoms with E-state index in [0.29, 0.717) is 6.54 Å². The van der Waals surface area contributed by atoms with Gasteiger partial charge in [0.25, 0.3) is 0 Å². The van der Waals surface area contributed by atoms with E-state index in [9.17, 15) is 0 Å². The van der Waals surface area contributed by atoms with Crippen LogP contribution < -0.4 is 5.73 Å². The fourth-order valence-electron chi connectivity index (χ4n) is 1.64. The van der Waals surface area contributed by atoms with Crippen molar-refractivity contribution in [2.24, 2.45) is 12.8 Å². The van der Waals surface area contributed by atoms with Gasteiger partial charge in [0, 0.05) is 19.0 Å². The fourth-order valence-corrected chi connectivity index (χ4v) is 1.64. The van der Waals surface area contributed by atoms with Crippen LogP contribution >= 0.6 is 0 Å². The van der Waals surface area contributed by atoms with Crippen LogP contribution in [0.1, 0.15) is 12.6 Å². The Kier molecular flexibility index (Phi) is 2.56. The average Bonchev–Trinajstić information content (AvgIpc) is 2.57. The van der Waals surface area contributed by atoms with Crippen molar-refractivity contribution in [1.82, 2.24) is 9.78 Å². The van der Waals surface area contributed by atoms with E-state index in [1.54, 1.807) is 0 Å². The largest absolute Gasteiger partial charge is 0.327 e. The molecular weight excluding hydrogens is 186 g/mol. The minimum atomic E-state index is 0.574. The van der Waals surface area contributed by atoms with Gasteiger partial charge in [-0.15, -0.1) is 0 Å². The van der Waals surface area contributed by atoms with Gasteiger partial charge in [0.15, 0.2) is 0 Å². The maximum absolute atomic E-state index is 5.57. The average molecular weight is 201 g/mol. The molecule has 0 bridgehead atoms. The summed E-state index contributed by atoms with van der Waals surface area (Å²) in [6, 6.07) is 8.20. The molecule has 0 fully saturated rings. The van der Waals surface area contributed by atoms with Crippen molar-refractivity contribution >= 4 is 17.0 Å². The second-order valence-corrected chi connectivity index (χ2v) is 3.72. The molecule has 3 nitrogen and oxygen atoms in total. The van der Waals surface area contributed by atoms with E-state index < -0.39 is 0 Å². The third-order valence-corrected chi connectivity index (χ3v) is 2.49. The third-order valence-electron chi connectivity index (χ3n) is 2.49. The Balaban J connectivity index is 2.62. The van der Waals surface area contributed by atoms with E-state index in [1.165, 1.54) is 5.39 Å².